The summed E-state index contributed by atoms with van der Waals surface area (Å²) in [6.07, 6.45) is 2.43. The fourth-order valence-corrected chi connectivity index (χ4v) is 3.62. The highest BCUT2D eigenvalue weighted by Crippen LogP contribution is 2.17. The Labute approximate surface area is 162 Å². The van der Waals surface area contributed by atoms with Crippen LogP contribution < -0.4 is 15.4 Å². The Balaban J connectivity index is 1.77. The third kappa shape index (κ3) is 6.57. The molecule has 1 aromatic carbocycles. The molecule has 1 aromatic rings. The third-order valence-corrected chi connectivity index (χ3v) is 5.55. The number of esters is 1. The molecule has 154 valence electrons. The fraction of sp³-hybridized carbons (Fsp3) is 0.471. The van der Waals surface area contributed by atoms with E-state index in [1.54, 1.807) is 0 Å². The lowest BCUT2D eigenvalue weighted by Crippen LogP contribution is -2.47. The van der Waals surface area contributed by atoms with E-state index >= 15 is 0 Å². The zero-order valence-corrected chi connectivity index (χ0v) is 16.1. The van der Waals surface area contributed by atoms with Gasteiger partial charge in [0, 0.05) is 6.04 Å². The number of rotatable bonds is 7. The molecule has 1 aliphatic rings. The highest BCUT2D eigenvalue weighted by atomic mass is 32.2. The molecule has 1 atom stereocenters. The molecule has 0 heterocycles. The SMILES string of the molecule is C[C@@H](OC(=O)CNS(=O)(=O)c1ccc(F)cc1)C(=O)NC(=O)NC1CCCC1. The summed E-state index contributed by atoms with van der Waals surface area (Å²) < 4.78 is 43.7. The number of carbonyl (C=O) groups excluding carboxylic acids is 3. The summed E-state index contributed by atoms with van der Waals surface area (Å²) >= 11 is 0. The smallest absolute Gasteiger partial charge is 0.321 e. The molecule has 9 nitrogen and oxygen atoms in total. The number of carbonyl (C=O) groups is 3. The predicted octanol–water partition coefficient (Wildman–Crippen LogP) is 0.804. The highest BCUT2D eigenvalue weighted by molar-refractivity contribution is 7.89. The van der Waals surface area contributed by atoms with Crippen LogP contribution >= 0.6 is 0 Å². The first-order valence-corrected chi connectivity index (χ1v) is 10.2. The van der Waals surface area contributed by atoms with Crippen molar-refractivity contribution in [2.75, 3.05) is 6.54 Å². The molecule has 28 heavy (non-hydrogen) atoms. The van der Waals surface area contributed by atoms with E-state index in [1.165, 1.54) is 6.92 Å². The first kappa shape index (κ1) is 21.8. The number of halogens is 1. The van der Waals surface area contributed by atoms with Gasteiger partial charge in [0.05, 0.1) is 4.90 Å². The van der Waals surface area contributed by atoms with Crippen molar-refractivity contribution in [2.45, 2.75) is 49.6 Å². The Morgan fingerprint density at radius 3 is 2.39 bits per heavy atom. The van der Waals surface area contributed by atoms with Gasteiger partial charge in [-0.05, 0) is 44.0 Å². The Hall–Kier alpha value is -2.53. The molecule has 3 amide bonds. The molecule has 1 fully saturated rings. The van der Waals surface area contributed by atoms with Gasteiger partial charge in [0.25, 0.3) is 5.91 Å². The van der Waals surface area contributed by atoms with Gasteiger partial charge in [0.15, 0.2) is 6.10 Å². The molecule has 1 saturated carbocycles. The predicted molar refractivity (Wildman–Crippen MR) is 96.1 cm³/mol. The van der Waals surface area contributed by atoms with Gasteiger partial charge in [-0.1, -0.05) is 12.8 Å². The Morgan fingerprint density at radius 1 is 1.18 bits per heavy atom. The standard InChI is InChI=1S/C17H22FN3O6S/c1-11(16(23)21-17(24)20-13-4-2-3-5-13)27-15(22)10-19-28(25,26)14-8-6-12(18)7-9-14/h6-9,11,13,19H,2-5,10H2,1H3,(H2,20,21,23,24)/t11-/m1/s1. The summed E-state index contributed by atoms with van der Waals surface area (Å²) in [6.45, 7) is 0.524. The third-order valence-electron chi connectivity index (χ3n) is 4.14. The van der Waals surface area contributed by atoms with Crippen LogP contribution in [-0.4, -0.2) is 45.0 Å². The van der Waals surface area contributed by atoms with Crippen molar-refractivity contribution in [1.82, 2.24) is 15.4 Å². The number of amides is 3. The minimum absolute atomic E-state index is 0.0199. The number of urea groups is 1. The summed E-state index contributed by atoms with van der Waals surface area (Å²) in [7, 11) is -4.04. The Bertz CT molecular complexity index is 822. The maximum atomic E-state index is 12.9. The van der Waals surface area contributed by atoms with Crippen molar-refractivity contribution in [1.29, 1.82) is 0 Å². The lowest BCUT2D eigenvalue weighted by Gasteiger charge is -2.15. The van der Waals surface area contributed by atoms with Crippen molar-refractivity contribution in [3.63, 3.8) is 0 Å². The van der Waals surface area contributed by atoms with Crippen molar-refractivity contribution in [3.8, 4) is 0 Å². The summed E-state index contributed by atoms with van der Waals surface area (Å²) in [5.41, 5.74) is 0. The van der Waals surface area contributed by atoms with Crippen LogP contribution in [0.25, 0.3) is 0 Å². The average molecular weight is 415 g/mol. The summed E-state index contributed by atoms with van der Waals surface area (Å²) in [5.74, 6) is -2.44. The van der Waals surface area contributed by atoms with Crippen LogP contribution in [0.4, 0.5) is 9.18 Å². The lowest BCUT2D eigenvalue weighted by atomic mass is 10.2. The summed E-state index contributed by atoms with van der Waals surface area (Å²) in [6, 6.07) is 3.37. The number of imide groups is 1. The second-order valence-electron chi connectivity index (χ2n) is 6.35. The molecule has 1 aliphatic carbocycles. The van der Waals surface area contributed by atoms with Gasteiger partial charge in [0.2, 0.25) is 10.0 Å². The second-order valence-corrected chi connectivity index (χ2v) is 8.12. The van der Waals surface area contributed by atoms with Gasteiger partial charge in [0.1, 0.15) is 12.4 Å². The van der Waals surface area contributed by atoms with E-state index in [4.69, 9.17) is 4.74 Å². The molecule has 0 aromatic heterocycles. The average Bonchev–Trinajstić information content (AvgIpc) is 3.13. The highest BCUT2D eigenvalue weighted by Gasteiger charge is 2.23. The van der Waals surface area contributed by atoms with Crippen LogP contribution in [0.2, 0.25) is 0 Å². The van der Waals surface area contributed by atoms with Crippen LogP contribution in [0.5, 0.6) is 0 Å². The zero-order valence-electron chi connectivity index (χ0n) is 15.2. The number of hydrogen-bond donors (Lipinski definition) is 3. The van der Waals surface area contributed by atoms with E-state index in [0.29, 0.717) is 0 Å². The van der Waals surface area contributed by atoms with Crippen LogP contribution in [0.1, 0.15) is 32.6 Å². The molecule has 11 heteroatoms. The van der Waals surface area contributed by atoms with E-state index in [2.05, 4.69) is 10.6 Å². The molecule has 0 spiro atoms. The number of hydrogen-bond acceptors (Lipinski definition) is 6. The molecule has 0 saturated heterocycles. The molecular formula is C17H22FN3O6S. The largest absolute Gasteiger partial charge is 0.452 e. The van der Waals surface area contributed by atoms with Gasteiger partial charge in [-0.15, -0.1) is 0 Å². The first-order valence-electron chi connectivity index (χ1n) is 8.73. The maximum absolute atomic E-state index is 12.9. The van der Waals surface area contributed by atoms with E-state index in [9.17, 15) is 27.2 Å². The van der Waals surface area contributed by atoms with Gasteiger partial charge in [-0.25, -0.2) is 17.6 Å². The molecule has 2 rings (SSSR count). The van der Waals surface area contributed by atoms with Gasteiger partial charge in [-0.3, -0.25) is 14.9 Å². The fourth-order valence-electron chi connectivity index (χ4n) is 2.65. The maximum Gasteiger partial charge on any atom is 0.321 e. The minimum Gasteiger partial charge on any atom is -0.452 e. The lowest BCUT2D eigenvalue weighted by molar-refractivity contribution is -0.153. The molecular weight excluding hydrogens is 393 g/mol. The monoisotopic (exact) mass is 415 g/mol. The van der Waals surface area contributed by atoms with Crippen molar-refractivity contribution in [2.24, 2.45) is 0 Å². The zero-order chi connectivity index (χ0) is 20.7. The van der Waals surface area contributed by atoms with Gasteiger partial charge < -0.3 is 10.1 Å². The Morgan fingerprint density at radius 2 is 1.79 bits per heavy atom. The molecule has 3 N–H and O–H groups in total. The van der Waals surface area contributed by atoms with Gasteiger partial charge >= 0.3 is 12.0 Å². The van der Waals surface area contributed by atoms with E-state index in [0.717, 1.165) is 49.9 Å². The van der Waals surface area contributed by atoms with Crippen LogP contribution in [0, 0.1) is 5.82 Å². The van der Waals surface area contributed by atoms with Crippen LogP contribution in [0.3, 0.4) is 0 Å². The topological polar surface area (TPSA) is 131 Å². The van der Waals surface area contributed by atoms with Gasteiger partial charge in [-0.2, -0.15) is 4.72 Å². The van der Waals surface area contributed by atoms with E-state index < -0.39 is 46.4 Å². The van der Waals surface area contributed by atoms with E-state index in [-0.39, 0.29) is 10.9 Å². The summed E-state index contributed by atoms with van der Waals surface area (Å²) in [4.78, 5) is 35.2. The first-order chi connectivity index (χ1) is 13.2. The summed E-state index contributed by atoms with van der Waals surface area (Å²) in [5, 5.41) is 4.73. The normalized spacial score (nSPS) is 15.6. The number of ether oxygens (including phenoxy) is 1. The molecule has 0 bridgehead atoms. The van der Waals surface area contributed by atoms with Crippen molar-refractivity contribution in [3.05, 3.63) is 30.1 Å². The molecule has 0 radical (unpaired) electrons. The van der Waals surface area contributed by atoms with Crippen molar-refractivity contribution < 1.29 is 31.9 Å². The number of nitrogens with one attached hydrogen (secondary N) is 3. The number of benzene rings is 1. The molecule has 0 aliphatic heterocycles. The quantitative estimate of drug-likeness (QED) is 0.565. The van der Waals surface area contributed by atoms with E-state index in [1.807, 2.05) is 4.72 Å². The Kier molecular flexibility index (Phi) is 7.46. The van der Waals surface area contributed by atoms with Crippen LogP contribution in [-0.2, 0) is 24.3 Å². The molecule has 0 unspecified atom stereocenters. The second kappa shape index (κ2) is 9.60. The van der Waals surface area contributed by atoms with Crippen LogP contribution in [0.15, 0.2) is 29.2 Å². The van der Waals surface area contributed by atoms with Crippen molar-refractivity contribution >= 4 is 27.9 Å². The minimum atomic E-state index is -4.04. The number of sulfonamides is 1.